The molecular weight excluding hydrogens is 621 g/mol. The summed E-state index contributed by atoms with van der Waals surface area (Å²) in [6.45, 7) is 15.0. The van der Waals surface area contributed by atoms with E-state index < -0.39 is 0 Å². The van der Waals surface area contributed by atoms with Crippen LogP contribution in [0.3, 0.4) is 0 Å². The normalized spacial score (nSPS) is 12.7. The molecule has 1 amide bonds. The lowest BCUT2D eigenvalue weighted by Gasteiger charge is -2.31. The number of ether oxygens (including phenoxy) is 1. The molecule has 0 unspecified atom stereocenters. The van der Waals surface area contributed by atoms with Crippen molar-refractivity contribution >= 4 is 36.2 Å². The Morgan fingerprint density at radius 2 is 1.85 bits per heavy atom. The fourth-order valence-corrected chi connectivity index (χ4v) is 5.46. The Balaban J connectivity index is 0.00000144. The van der Waals surface area contributed by atoms with E-state index in [0.29, 0.717) is 48.8 Å². The van der Waals surface area contributed by atoms with E-state index in [1.54, 1.807) is 24.5 Å². The summed E-state index contributed by atoms with van der Waals surface area (Å²) >= 11 is 1.44. The number of piperidine rings is 1. The summed E-state index contributed by atoms with van der Waals surface area (Å²) in [6, 6.07) is 9.41. The second kappa shape index (κ2) is 18.6. The molecule has 0 saturated carbocycles. The van der Waals surface area contributed by atoms with Gasteiger partial charge in [-0.1, -0.05) is 44.6 Å². The molecule has 14 heteroatoms. The number of H-pyrrole nitrogens is 1. The van der Waals surface area contributed by atoms with Crippen molar-refractivity contribution in [3.8, 4) is 17.4 Å². The van der Waals surface area contributed by atoms with Crippen molar-refractivity contribution in [3.63, 3.8) is 0 Å². The number of likely N-dealkylation sites (N-methyl/N-ethyl adjacent to an activating group) is 1. The number of benzene rings is 1. The number of oxime groups is 1. The summed E-state index contributed by atoms with van der Waals surface area (Å²) in [5.74, 6) is 2.58. The van der Waals surface area contributed by atoms with E-state index >= 15 is 0 Å². The first kappa shape index (κ1) is 36.9. The third-order valence-corrected chi connectivity index (χ3v) is 7.90. The third kappa shape index (κ3) is 10.5. The SMILES string of the molecule is C=NOc1nccc(Sc2cnc(Nc3n[nH]c(C4CCN(C(=O)CN(C)C)CC4)n3)c(Oc3ccc(F)cc3)c2)c1C.CC.CC. The van der Waals surface area contributed by atoms with Gasteiger partial charge in [0.25, 0.3) is 5.88 Å². The second-order valence-electron chi connectivity index (χ2n) is 10.2. The standard InChI is InChI=1S/C29H32FN9O3S.2C2H6/c1-18-24(9-12-32-28(18)42-31-2)43-22-15-23(41-21-7-5-20(30)6-8-21)27(33-16-22)35-29-34-26(36-37-29)19-10-13-39(14-11-19)25(40)17-38(3)4;2*1-2/h5-9,12,15-16,19H,2,10-11,13-14,17H2,1,3-4H3,(H2,33,34,35,36,37);2*1-2H3. The highest BCUT2D eigenvalue weighted by molar-refractivity contribution is 7.99. The quantitative estimate of drug-likeness (QED) is 0.127. The van der Waals surface area contributed by atoms with Crippen LogP contribution in [0.1, 0.15) is 57.8 Å². The van der Waals surface area contributed by atoms with Crippen LogP contribution in [0.4, 0.5) is 16.2 Å². The molecule has 1 saturated heterocycles. The van der Waals surface area contributed by atoms with Crippen LogP contribution in [0.15, 0.2) is 63.7 Å². The minimum Gasteiger partial charge on any atom is -0.453 e. The van der Waals surface area contributed by atoms with Gasteiger partial charge >= 0.3 is 0 Å². The number of rotatable bonds is 11. The van der Waals surface area contributed by atoms with Gasteiger partial charge in [0.1, 0.15) is 17.4 Å². The number of likely N-dealkylation sites (tertiary alicyclic amines) is 1. The van der Waals surface area contributed by atoms with Gasteiger partial charge in [0, 0.05) is 59.5 Å². The molecule has 1 fully saturated rings. The minimum absolute atomic E-state index is 0.131. The molecule has 4 aromatic rings. The van der Waals surface area contributed by atoms with Crippen LogP contribution in [0.2, 0.25) is 0 Å². The van der Waals surface area contributed by atoms with Crippen LogP contribution in [-0.4, -0.2) is 81.3 Å². The highest BCUT2D eigenvalue weighted by Gasteiger charge is 2.26. The molecule has 4 heterocycles. The van der Waals surface area contributed by atoms with Crippen LogP contribution in [0.25, 0.3) is 0 Å². The van der Waals surface area contributed by atoms with Crippen molar-refractivity contribution in [2.75, 3.05) is 39.0 Å². The molecule has 1 aromatic carbocycles. The molecule has 0 radical (unpaired) electrons. The van der Waals surface area contributed by atoms with Gasteiger partial charge in [0.05, 0.1) is 6.54 Å². The van der Waals surface area contributed by atoms with E-state index in [-0.39, 0.29) is 17.6 Å². The minimum atomic E-state index is -0.366. The van der Waals surface area contributed by atoms with Gasteiger partial charge in [0.2, 0.25) is 11.9 Å². The fourth-order valence-electron chi connectivity index (χ4n) is 4.57. The number of nitrogens with one attached hydrogen (secondary N) is 2. The maximum atomic E-state index is 13.5. The topological polar surface area (TPSA) is 134 Å². The van der Waals surface area contributed by atoms with Crippen molar-refractivity contribution in [3.05, 3.63) is 66.0 Å². The molecule has 0 bridgehead atoms. The Morgan fingerprint density at radius 3 is 2.51 bits per heavy atom. The molecule has 3 aromatic heterocycles. The Kier molecular flexibility index (Phi) is 14.6. The van der Waals surface area contributed by atoms with Crippen LogP contribution < -0.4 is 14.9 Å². The Bertz CT molecular complexity index is 1580. The lowest BCUT2D eigenvalue weighted by molar-refractivity contribution is -0.132. The lowest BCUT2D eigenvalue weighted by atomic mass is 9.96. The summed E-state index contributed by atoms with van der Waals surface area (Å²) in [7, 11) is 3.78. The van der Waals surface area contributed by atoms with Crippen LogP contribution in [-0.2, 0) is 4.79 Å². The fraction of sp³-hybridized carbons (Fsp3) is 0.394. The molecule has 0 spiro atoms. The lowest BCUT2D eigenvalue weighted by Crippen LogP contribution is -2.42. The molecule has 0 atom stereocenters. The first-order chi connectivity index (χ1) is 22.8. The Labute approximate surface area is 280 Å². The molecule has 252 valence electrons. The number of aromatic nitrogens is 5. The van der Waals surface area contributed by atoms with Gasteiger partial charge in [0.15, 0.2) is 11.6 Å². The van der Waals surface area contributed by atoms with E-state index in [1.807, 2.05) is 70.6 Å². The number of halogens is 1. The summed E-state index contributed by atoms with van der Waals surface area (Å²) in [5, 5.41) is 14.0. The van der Waals surface area contributed by atoms with Gasteiger partial charge in [-0.3, -0.25) is 9.89 Å². The predicted molar refractivity (Wildman–Crippen MR) is 183 cm³/mol. The first-order valence-electron chi connectivity index (χ1n) is 15.6. The summed E-state index contributed by atoms with van der Waals surface area (Å²) in [6.07, 6.45) is 4.91. The molecule has 5 rings (SSSR count). The van der Waals surface area contributed by atoms with Crippen LogP contribution in [0.5, 0.6) is 17.4 Å². The zero-order chi connectivity index (χ0) is 34.3. The summed E-state index contributed by atoms with van der Waals surface area (Å²) < 4.78 is 19.7. The van der Waals surface area contributed by atoms with Crippen LogP contribution in [0, 0.1) is 12.7 Å². The molecule has 0 aliphatic carbocycles. The number of aromatic amines is 1. The average Bonchev–Trinajstić information content (AvgIpc) is 3.55. The monoisotopic (exact) mass is 665 g/mol. The van der Waals surface area contributed by atoms with Crippen molar-refractivity contribution in [1.82, 2.24) is 34.9 Å². The Hall–Kier alpha value is -4.56. The van der Waals surface area contributed by atoms with Crippen molar-refractivity contribution in [1.29, 1.82) is 0 Å². The average molecular weight is 666 g/mol. The van der Waals surface area contributed by atoms with E-state index in [9.17, 15) is 9.18 Å². The summed E-state index contributed by atoms with van der Waals surface area (Å²) in [5.41, 5.74) is 0.796. The predicted octanol–water partition coefficient (Wildman–Crippen LogP) is 7.04. The number of pyridine rings is 2. The molecule has 47 heavy (non-hydrogen) atoms. The highest BCUT2D eigenvalue weighted by atomic mass is 32.2. The number of amides is 1. The molecule has 2 N–H and O–H groups in total. The van der Waals surface area contributed by atoms with E-state index in [4.69, 9.17) is 9.57 Å². The number of anilines is 2. The van der Waals surface area contributed by atoms with Crippen LogP contribution >= 0.6 is 11.8 Å². The maximum Gasteiger partial charge on any atom is 0.252 e. The number of carbonyl (C=O) groups is 1. The largest absolute Gasteiger partial charge is 0.453 e. The van der Waals surface area contributed by atoms with E-state index in [1.165, 1.54) is 23.9 Å². The number of carbonyl (C=O) groups excluding carboxylic acids is 1. The zero-order valence-electron chi connectivity index (χ0n) is 28.1. The molecular formula is C33H44FN9O3S. The molecule has 1 aliphatic heterocycles. The Morgan fingerprint density at radius 1 is 1.15 bits per heavy atom. The third-order valence-electron chi connectivity index (χ3n) is 6.77. The molecule has 1 aliphatic rings. The first-order valence-corrected chi connectivity index (χ1v) is 16.4. The van der Waals surface area contributed by atoms with Gasteiger partial charge in [-0.05, 0) is 64.2 Å². The summed E-state index contributed by atoms with van der Waals surface area (Å²) in [4.78, 5) is 36.4. The second-order valence-corrected chi connectivity index (χ2v) is 11.3. The van der Waals surface area contributed by atoms with Gasteiger partial charge in [-0.15, -0.1) is 5.10 Å². The van der Waals surface area contributed by atoms with E-state index in [2.05, 4.69) is 42.3 Å². The number of hydrogen-bond acceptors (Lipinski definition) is 11. The van der Waals surface area contributed by atoms with Crippen molar-refractivity contribution in [2.24, 2.45) is 5.16 Å². The van der Waals surface area contributed by atoms with Crippen molar-refractivity contribution in [2.45, 2.75) is 63.2 Å². The smallest absolute Gasteiger partial charge is 0.252 e. The maximum absolute atomic E-state index is 13.5. The molecule has 12 nitrogen and oxygen atoms in total. The van der Waals surface area contributed by atoms with Gasteiger partial charge in [-0.25, -0.2) is 14.4 Å². The number of nitrogens with zero attached hydrogens (tertiary/aromatic N) is 7. The number of hydrogen-bond donors (Lipinski definition) is 2. The van der Waals surface area contributed by atoms with E-state index in [0.717, 1.165) is 34.0 Å². The van der Waals surface area contributed by atoms with Crippen molar-refractivity contribution < 1.29 is 18.8 Å². The van der Waals surface area contributed by atoms with Gasteiger partial charge in [-0.2, -0.15) is 4.98 Å². The van der Waals surface area contributed by atoms with Gasteiger partial charge < -0.3 is 24.7 Å². The highest BCUT2D eigenvalue weighted by Crippen LogP contribution is 2.38. The zero-order valence-corrected chi connectivity index (χ0v) is 28.9.